The standard InChI is InChI=1S/C23H24N4O4/c28-20(8-4-12-27-22(30)18-6-1-2-7-19(18)23(27)31)25-17-9-13-26(14-10-17)21(29)16-5-3-11-24-15-16/h1-3,5-7,11,15,17H,4,8-10,12-14H2,(H,25,28). The van der Waals surface area contributed by atoms with E-state index in [1.54, 1.807) is 53.7 Å². The number of aromatic nitrogens is 1. The van der Waals surface area contributed by atoms with Crippen molar-refractivity contribution in [2.75, 3.05) is 19.6 Å². The van der Waals surface area contributed by atoms with E-state index in [4.69, 9.17) is 0 Å². The van der Waals surface area contributed by atoms with E-state index >= 15 is 0 Å². The third-order valence-electron chi connectivity index (χ3n) is 5.72. The number of pyridine rings is 1. The summed E-state index contributed by atoms with van der Waals surface area (Å²) >= 11 is 0. The molecule has 0 aliphatic carbocycles. The molecule has 8 heteroatoms. The van der Waals surface area contributed by atoms with Crippen LogP contribution in [0.3, 0.4) is 0 Å². The molecular formula is C23H24N4O4. The minimum absolute atomic E-state index is 0.0183. The highest BCUT2D eigenvalue weighted by Crippen LogP contribution is 2.22. The fourth-order valence-electron chi connectivity index (χ4n) is 4.04. The maximum atomic E-state index is 12.5. The Morgan fingerprint density at radius 3 is 2.29 bits per heavy atom. The molecule has 1 aromatic heterocycles. The molecule has 0 bridgehead atoms. The number of hydrogen-bond donors (Lipinski definition) is 1. The lowest BCUT2D eigenvalue weighted by atomic mass is 10.0. The maximum Gasteiger partial charge on any atom is 0.261 e. The number of rotatable bonds is 6. The zero-order chi connectivity index (χ0) is 21.8. The summed E-state index contributed by atoms with van der Waals surface area (Å²) in [6.45, 7) is 1.37. The maximum absolute atomic E-state index is 12.5. The van der Waals surface area contributed by atoms with E-state index in [-0.39, 0.29) is 42.6 Å². The summed E-state index contributed by atoms with van der Waals surface area (Å²) in [5, 5.41) is 3.01. The Labute approximate surface area is 180 Å². The second-order valence-electron chi connectivity index (χ2n) is 7.79. The minimum Gasteiger partial charge on any atom is -0.353 e. The zero-order valence-electron chi connectivity index (χ0n) is 17.1. The highest BCUT2D eigenvalue weighted by Gasteiger charge is 2.34. The molecule has 8 nitrogen and oxygen atoms in total. The molecule has 1 aromatic carbocycles. The Morgan fingerprint density at radius 1 is 1.00 bits per heavy atom. The van der Waals surface area contributed by atoms with Gasteiger partial charge in [0, 0.05) is 44.5 Å². The van der Waals surface area contributed by atoms with Gasteiger partial charge >= 0.3 is 0 Å². The first-order chi connectivity index (χ1) is 15.0. The molecule has 1 saturated heterocycles. The molecule has 31 heavy (non-hydrogen) atoms. The average molecular weight is 420 g/mol. The number of hydrogen-bond acceptors (Lipinski definition) is 5. The number of nitrogens with one attached hydrogen (secondary N) is 1. The second kappa shape index (κ2) is 9.07. The van der Waals surface area contributed by atoms with Crippen molar-refractivity contribution in [2.45, 2.75) is 31.7 Å². The second-order valence-corrected chi connectivity index (χ2v) is 7.79. The molecule has 2 aliphatic heterocycles. The minimum atomic E-state index is -0.299. The van der Waals surface area contributed by atoms with Crippen molar-refractivity contribution in [3.8, 4) is 0 Å². The van der Waals surface area contributed by atoms with Crippen molar-refractivity contribution in [1.29, 1.82) is 0 Å². The van der Waals surface area contributed by atoms with Crippen LogP contribution in [0.2, 0.25) is 0 Å². The van der Waals surface area contributed by atoms with Crippen LogP contribution >= 0.6 is 0 Å². The topological polar surface area (TPSA) is 99.7 Å². The lowest BCUT2D eigenvalue weighted by Gasteiger charge is -2.32. The van der Waals surface area contributed by atoms with Gasteiger partial charge in [-0.25, -0.2) is 0 Å². The van der Waals surface area contributed by atoms with Gasteiger partial charge in [-0.05, 0) is 43.5 Å². The first kappa shape index (κ1) is 20.7. The molecule has 2 aliphatic rings. The first-order valence-corrected chi connectivity index (χ1v) is 10.5. The Balaban J connectivity index is 1.19. The number of piperidine rings is 1. The van der Waals surface area contributed by atoms with Gasteiger partial charge < -0.3 is 10.2 Å². The molecule has 0 radical (unpaired) electrons. The van der Waals surface area contributed by atoms with E-state index < -0.39 is 0 Å². The van der Waals surface area contributed by atoms with Gasteiger partial charge in [-0.2, -0.15) is 0 Å². The summed E-state index contributed by atoms with van der Waals surface area (Å²) in [5.74, 6) is -0.745. The van der Waals surface area contributed by atoms with Gasteiger partial charge in [0.05, 0.1) is 16.7 Å². The van der Waals surface area contributed by atoms with E-state index in [0.29, 0.717) is 49.0 Å². The lowest BCUT2D eigenvalue weighted by Crippen LogP contribution is -2.46. The van der Waals surface area contributed by atoms with E-state index in [1.807, 2.05) is 0 Å². The van der Waals surface area contributed by atoms with Crippen LogP contribution in [0.15, 0.2) is 48.8 Å². The Hall–Kier alpha value is -3.55. The Kier molecular flexibility index (Phi) is 6.06. The van der Waals surface area contributed by atoms with Gasteiger partial charge in [-0.15, -0.1) is 0 Å². The zero-order valence-corrected chi connectivity index (χ0v) is 17.1. The van der Waals surface area contributed by atoms with Gasteiger partial charge in [0.25, 0.3) is 17.7 Å². The molecule has 1 fully saturated rings. The molecule has 4 rings (SSSR count). The number of fused-ring (bicyclic) bond motifs is 1. The van der Waals surface area contributed by atoms with Crippen molar-refractivity contribution in [2.24, 2.45) is 0 Å². The number of benzene rings is 1. The number of nitrogens with zero attached hydrogens (tertiary/aromatic N) is 3. The van der Waals surface area contributed by atoms with Crippen LogP contribution in [0.25, 0.3) is 0 Å². The fraction of sp³-hybridized carbons (Fsp3) is 0.348. The van der Waals surface area contributed by atoms with E-state index in [0.717, 1.165) is 0 Å². The van der Waals surface area contributed by atoms with E-state index in [1.165, 1.54) is 4.90 Å². The van der Waals surface area contributed by atoms with Gasteiger partial charge in [0.1, 0.15) is 0 Å². The number of carbonyl (C=O) groups excluding carboxylic acids is 4. The van der Waals surface area contributed by atoms with Crippen LogP contribution in [-0.2, 0) is 4.79 Å². The average Bonchev–Trinajstić information content (AvgIpc) is 3.05. The third kappa shape index (κ3) is 4.47. The normalized spacial score (nSPS) is 16.4. The summed E-state index contributed by atoms with van der Waals surface area (Å²) in [4.78, 5) is 56.5. The summed E-state index contributed by atoms with van der Waals surface area (Å²) in [6.07, 6.45) is 5.22. The van der Waals surface area contributed by atoms with Gasteiger partial charge in [0.15, 0.2) is 0 Å². The molecule has 0 saturated carbocycles. The molecule has 1 N–H and O–H groups in total. The molecule has 0 spiro atoms. The van der Waals surface area contributed by atoms with Gasteiger partial charge in [-0.3, -0.25) is 29.1 Å². The number of imide groups is 1. The van der Waals surface area contributed by atoms with E-state index in [9.17, 15) is 19.2 Å². The van der Waals surface area contributed by atoms with Gasteiger partial charge in [-0.1, -0.05) is 12.1 Å². The van der Waals surface area contributed by atoms with Crippen molar-refractivity contribution in [3.63, 3.8) is 0 Å². The monoisotopic (exact) mass is 420 g/mol. The van der Waals surface area contributed by atoms with Crippen LogP contribution < -0.4 is 5.32 Å². The highest BCUT2D eigenvalue weighted by atomic mass is 16.2. The molecule has 4 amide bonds. The van der Waals surface area contributed by atoms with Crippen LogP contribution in [0, 0.1) is 0 Å². The molecule has 3 heterocycles. The first-order valence-electron chi connectivity index (χ1n) is 10.5. The fourth-order valence-corrected chi connectivity index (χ4v) is 4.04. The number of carbonyl (C=O) groups is 4. The molecule has 0 unspecified atom stereocenters. The quantitative estimate of drug-likeness (QED) is 0.720. The largest absolute Gasteiger partial charge is 0.353 e. The summed E-state index contributed by atoms with van der Waals surface area (Å²) in [7, 11) is 0. The van der Waals surface area contributed by atoms with Crippen molar-refractivity contribution >= 4 is 23.6 Å². The predicted octanol–water partition coefficient (Wildman–Crippen LogP) is 1.88. The van der Waals surface area contributed by atoms with Crippen LogP contribution in [0.4, 0.5) is 0 Å². The molecule has 0 atom stereocenters. The Bertz CT molecular complexity index is 965. The van der Waals surface area contributed by atoms with Crippen molar-refractivity contribution in [1.82, 2.24) is 20.1 Å². The molecule has 2 aromatic rings. The van der Waals surface area contributed by atoms with E-state index in [2.05, 4.69) is 10.3 Å². The highest BCUT2D eigenvalue weighted by molar-refractivity contribution is 6.21. The molecule has 160 valence electrons. The summed E-state index contributed by atoms with van der Waals surface area (Å²) in [6, 6.07) is 10.3. The SMILES string of the molecule is O=C(CCCN1C(=O)c2ccccc2C1=O)NC1CCN(C(=O)c2cccnc2)CC1. The van der Waals surface area contributed by atoms with Crippen LogP contribution in [0.1, 0.15) is 56.8 Å². The predicted molar refractivity (Wildman–Crippen MR) is 112 cm³/mol. The lowest BCUT2D eigenvalue weighted by molar-refractivity contribution is -0.122. The third-order valence-corrected chi connectivity index (χ3v) is 5.72. The number of likely N-dealkylation sites (tertiary alicyclic amines) is 1. The van der Waals surface area contributed by atoms with Crippen LogP contribution in [-0.4, -0.2) is 64.1 Å². The molecular weight excluding hydrogens is 396 g/mol. The van der Waals surface area contributed by atoms with Crippen molar-refractivity contribution < 1.29 is 19.2 Å². The van der Waals surface area contributed by atoms with Crippen molar-refractivity contribution in [3.05, 3.63) is 65.5 Å². The summed E-state index contributed by atoms with van der Waals surface area (Å²) < 4.78 is 0. The summed E-state index contributed by atoms with van der Waals surface area (Å²) in [5.41, 5.74) is 1.41. The van der Waals surface area contributed by atoms with Gasteiger partial charge in [0.2, 0.25) is 5.91 Å². The van der Waals surface area contributed by atoms with Crippen LogP contribution in [0.5, 0.6) is 0 Å². The Morgan fingerprint density at radius 2 is 1.68 bits per heavy atom. The smallest absolute Gasteiger partial charge is 0.261 e. The number of amides is 4.